The highest BCUT2D eigenvalue weighted by Crippen LogP contribution is 2.18. The molecule has 3 amide bonds. The van der Waals surface area contributed by atoms with Gasteiger partial charge in [-0.15, -0.1) is 0 Å². The summed E-state index contributed by atoms with van der Waals surface area (Å²) >= 11 is 0. The highest BCUT2D eigenvalue weighted by Gasteiger charge is 2.22. The molecule has 160 valence electrons. The fourth-order valence-corrected chi connectivity index (χ4v) is 2.79. The van der Waals surface area contributed by atoms with E-state index in [1.54, 1.807) is 23.1 Å². The van der Waals surface area contributed by atoms with Gasteiger partial charge in [-0.25, -0.2) is 5.43 Å². The van der Waals surface area contributed by atoms with E-state index in [9.17, 15) is 24.5 Å². The summed E-state index contributed by atoms with van der Waals surface area (Å²) in [6.45, 7) is 1.77. The highest BCUT2D eigenvalue weighted by atomic mass is 16.6. The second-order valence-electron chi connectivity index (χ2n) is 6.45. The minimum Gasteiger partial charge on any atom is -0.378 e. The van der Waals surface area contributed by atoms with E-state index < -0.39 is 16.7 Å². The van der Waals surface area contributed by atoms with E-state index in [1.165, 1.54) is 36.5 Å². The molecule has 11 nitrogen and oxygen atoms in total. The van der Waals surface area contributed by atoms with Crippen LogP contribution in [0.1, 0.15) is 15.9 Å². The SMILES string of the molecule is O=C(N/N=C\c1ccc([N+](=O)[O-])cc1)C(=O)Nc1ccccc1C(=O)N1CCOCC1. The van der Waals surface area contributed by atoms with Crippen LogP contribution in [0.25, 0.3) is 0 Å². The summed E-state index contributed by atoms with van der Waals surface area (Å²) in [5, 5.41) is 16.7. The van der Waals surface area contributed by atoms with Crippen molar-refractivity contribution in [3.05, 3.63) is 69.8 Å². The summed E-state index contributed by atoms with van der Waals surface area (Å²) < 4.78 is 5.24. The summed E-state index contributed by atoms with van der Waals surface area (Å²) in [6, 6.07) is 11.9. The Bertz CT molecular complexity index is 1010. The molecule has 2 N–H and O–H groups in total. The van der Waals surface area contributed by atoms with E-state index in [0.717, 1.165) is 0 Å². The molecule has 2 aromatic carbocycles. The van der Waals surface area contributed by atoms with Crippen molar-refractivity contribution in [2.24, 2.45) is 5.10 Å². The molecule has 3 rings (SSSR count). The molecule has 1 aliphatic heterocycles. The number of hydrogen-bond acceptors (Lipinski definition) is 7. The third kappa shape index (κ3) is 5.70. The molecule has 0 radical (unpaired) electrons. The molecule has 0 aromatic heterocycles. The van der Waals surface area contributed by atoms with Crippen molar-refractivity contribution in [3.63, 3.8) is 0 Å². The van der Waals surface area contributed by atoms with Crippen molar-refractivity contribution in [1.29, 1.82) is 0 Å². The number of rotatable bonds is 5. The lowest BCUT2D eigenvalue weighted by atomic mass is 10.1. The number of hydrogen-bond donors (Lipinski definition) is 2. The molecule has 31 heavy (non-hydrogen) atoms. The van der Waals surface area contributed by atoms with E-state index in [-0.39, 0.29) is 22.8 Å². The van der Waals surface area contributed by atoms with Gasteiger partial charge in [0.1, 0.15) is 0 Å². The van der Waals surface area contributed by atoms with Crippen molar-refractivity contribution in [2.75, 3.05) is 31.6 Å². The molecule has 2 aromatic rings. The molecule has 1 aliphatic rings. The van der Waals surface area contributed by atoms with Gasteiger partial charge in [-0.1, -0.05) is 12.1 Å². The minimum absolute atomic E-state index is 0.0779. The Morgan fingerprint density at radius 1 is 1.03 bits per heavy atom. The van der Waals surface area contributed by atoms with Crippen LogP contribution < -0.4 is 10.7 Å². The zero-order chi connectivity index (χ0) is 22.2. The lowest BCUT2D eigenvalue weighted by Gasteiger charge is -2.27. The molecule has 0 spiro atoms. The van der Waals surface area contributed by atoms with Gasteiger partial charge in [0.05, 0.1) is 35.6 Å². The van der Waals surface area contributed by atoms with Crippen LogP contribution in [0.15, 0.2) is 53.6 Å². The zero-order valence-electron chi connectivity index (χ0n) is 16.3. The van der Waals surface area contributed by atoms with Gasteiger partial charge >= 0.3 is 11.8 Å². The number of nitrogens with one attached hydrogen (secondary N) is 2. The maximum atomic E-state index is 12.7. The van der Waals surface area contributed by atoms with Crippen molar-refractivity contribution in [2.45, 2.75) is 0 Å². The third-order valence-electron chi connectivity index (χ3n) is 4.39. The van der Waals surface area contributed by atoms with Gasteiger partial charge in [-0.05, 0) is 29.8 Å². The fraction of sp³-hybridized carbons (Fsp3) is 0.200. The van der Waals surface area contributed by atoms with E-state index in [4.69, 9.17) is 4.74 Å². The van der Waals surface area contributed by atoms with Gasteiger partial charge < -0.3 is 15.0 Å². The molecule has 1 heterocycles. The number of carbonyl (C=O) groups is 3. The Labute approximate surface area is 176 Å². The number of morpholine rings is 1. The van der Waals surface area contributed by atoms with E-state index in [1.807, 2.05) is 0 Å². The minimum atomic E-state index is -1.04. The Morgan fingerprint density at radius 3 is 2.39 bits per heavy atom. The number of anilines is 1. The van der Waals surface area contributed by atoms with Gasteiger partial charge in [-0.2, -0.15) is 5.10 Å². The molecule has 0 unspecified atom stereocenters. The lowest BCUT2D eigenvalue weighted by Crippen LogP contribution is -2.41. The smallest absolute Gasteiger partial charge is 0.329 e. The van der Waals surface area contributed by atoms with Gasteiger partial charge in [-0.3, -0.25) is 24.5 Å². The molecular weight excluding hydrogens is 406 g/mol. The molecular formula is C20H19N5O6. The number of nitrogens with zero attached hydrogens (tertiary/aromatic N) is 3. The normalized spacial score (nSPS) is 13.6. The van der Waals surface area contributed by atoms with E-state index in [2.05, 4.69) is 15.8 Å². The maximum absolute atomic E-state index is 12.7. The second-order valence-corrected chi connectivity index (χ2v) is 6.45. The quantitative estimate of drug-likeness (QED) is 0.318. The van der Waals surface area contributed by atoms with Crippen LogP contribution in [0.5, 0.6) is 0 Å². The van der Waals surface area contributed by atoms with Crippen molar-refractivity contribution in [3.8, 4) is 0 Å². The topological polar surface area (TPSA) is 143 Å². The zero-order valence-corrected chi connectivity index (χ0v) is 16.3. The molecule has 0 saturated carbocycles. The molecule has 0 atom stereocenters. The number of nitro benzene ring substituents is 1. The van der Waals surface area contributed by atoms with Gasteiger partial charge in [0.25, 0.3) is 11.6 Å². The van der Waals surface area contributed by atoms with Crippen LogP contribution in [-0.2, 0) is 14.3 Å². The molecule has 1 saturated heterocycles. The Hall–Kier alpha value is -4.12. The largest absolute Gasteiger partial charge is 0.378 e. The fourth-order valence-electron chi connectivity index (χ4n) is 2.79. The number of nitro groups is 1. The third-order valence-corrected chi connectivity index (χ3v) is 4.39. The van der Waals surface area contributed by atoms with Crippen LogP contribution in [0.3, 0.4) is 0 Å². The number of non-ortho nitro benzene ring substituents is 1. The number of benzene rings is 2. The average molecular weight is 425 g/mol. The second kappa shape index (κ2) is 10.1. The lowest BCUT2D eigenvalue weighted by molar-refractivity contribution is -0.384. The van der Waals surface area contributed by atoms with E-state index >= 15 is 0 Å². The van der Waals surface area contributed by atoms with E-state index in [0.29, 0.717) is 31.9 Å². The predicted octanol–water partition coefficient (Wildman–Crippen LogP) is 1.16. The summed E-state index contributed by atoms with van der Waals surface area (Å²) in [5.41, 5.74) is 2.96. The molecule has 11 heteroatoms. The number of amides is 3. The van der Waals surface area contributed by atoms with Crippen LogP contribution in [-0.4, -0.2) is 60.1 Å². The number of para-hydroxylation sites is 1. The summed E-state index contributed by atoms with van der Waals surface area (Å²) in [7, 11) is 0. The first-order chi connectivity index (χ1) is 15.0. The van der Waals surface area contributed by atoms with Crippen molar-refractivity contribution < 1.29 is 24.0 Å². The summed E-state index contributed by atoms with van der Waals surface area (Å²) in [6.07, 6.45) is 1.24. The van der Waals surface area contributed by atoms with Crippen LogP contribution in [0, 0.1) is 10.1 Å². The molecule has 1 fully saturated rings. The first-order valence-corrected chi connectivity index (χ1v) is 9.30. The van der Waals surface area contributed by atoms with Crippen LogP contribution in [0.2, 0.25) is 0 Å². The Balaban J connectivity index is 1.60. The first kappa shape index (κ1) is 21.6. The van der Waals surface area contributed by atoms with Crippen LogP contribution in [0.4, 0.5) is 11.4 Å². The Kier molecular flexibility index (Phi) is 7.01. The summed E-state index contributed by atoms with van der Waals surface area (Å²) in [5.74, 6) is -2.30. The maximum Gasteiger partial charge on any atom is 0.329 e. The molecule has 0 aliphatic carbocycles. The van der Waals surface area contributed by atoms with Crippen LogP contribution >= 0.6 is 0 Å². The van der Waals surface area contributed by atoms with Gasteiger partial charge in [0.15, 0.2) is 0 Å². The number of carbonyl (C=O) groups excluding carboxylic acids is 3. The van der Waals surface area contributed by atoms with Gasteiger partial charge in [0.2, 0.25) is 0 Å². The highest BCUT2D eigenvalue weighted by molar-refractivity contribution is 6.40. The Morgan fingerprint density at radius 2 is 1.71 bits per heavy atom. The molecule has 0 bridgehead atoms. The average Bonchev–Trinajstić information content (AvgIpc) is 2.79. The monoisotopic (exact) mass is 425 g/mol. The van der Waals surface area contributed by atoms with Gasteiger partial charge in [0, 0.05) is 25.2 Å². The van der Waals surface area contributed by atoms with Crippen molar-refractivity contribution >= 4 is 35.3 Å². The standard InChI is InChI=1S/C20H19N5O6/c26-18(19(27)23-21-13-14-5-7-15(8-6-14)25(29)30)22-17-4-2-1-3-16(17)20(28)24-9-11-31-12-10-24/h1-8,13H,9-12H2,(H,22,26)(H,23,27)/b21-13-. The first-order valence-electron chi connectivity index (χ1n) is 9.30. The summed E-state index contributed by atoms with van der Waals surface area (Å²) in [4.78, 5) is 48.7. The predicted molar refractivity (Wildman–Crippen MR) is 111 cm³/mol. The number of hydrazone groups is 1. The number of ether oxygens (including phenoxy) is 1. The van der Waals surface area contributed by atoms with Crippen molar-refractivity contribution in [1.82, 2.24) is 10.3 Å².